The quantitative estimate of drug-likeness (QED) is 0.756. The zero-order valence-corrected chi connectivity index (χ0v) is 18.9. The molecule has 30 heavy (non-hydrogen) atoms. The van der Waals surface area contributed by atoms with Crippen molar-refractivity contribution in [3.8, 4) is 0 Å². The van der Waals surface area contributed by atoms with Crippen LogP contribution in [-0.2, 0) is 6.54 Å². The number of anilines is 2. The average Bonchev–Trinajstić information content (AvgIpc) is 3.11. The molecule has 1 N–H and O–H groups in total. The van der Waals surface area contributed by atoms with Gasteiger partial charge < -0.3 is 9.80 Å². The van der Waals surface area contributed by atoms with Gasteiger partial charge in [-0.25, -0.2) is 9.97 Å². The lowest BCUT2D eigenvalue weighted by Crippen LogP contribution is -2.45. The van der Waals surface area contributed by atoms with Crippen LogP contribution < -0.4 is 9.80 Å². The number of piperazine rings is 1. The summed E-state index contributed by atoms with van der Waals surface area (Å²) in [5, 5.41) is 9.67. The van der Waals surface area contributed by atoms with Gasteiger partial charge >= 0.3 is 0 Å². The predicted molar refractivity (Wildman–Crippen MR) is 123 cm³/mol. The van der Waals surface area contributed by atoms with Crippen LogP contribution in [0.2, 0.25) is 10.0 Å². The summed E-state index contributed by atoms with van der Waals surface area (Å²) in [5.41, 5.74) is 2.77. The van der Waals surface area contributed by atoms with E-state index in [1.807, 2.05) is 28.9 Å². The summed E-state index contributed by atoms with van der Waals surface area (Å²) >= 11 is 12.2. The topological polar surface area (TPSA) is 62.6 Å². The van der Waals surface area contributed by atoms with Crippen molar-refractivity contribution in [1.82, 2.24) is 19.8 Å². The number of nitrogens with one attached hydrogen (secondary N) is 1. The van der Waals surface area contributed by atoms with Crippen molar-refractivity contribution in [2.75, 3.05) is 55.6 Å². The smallest absolute Gasteiger partial charge is 0.232 e. The van der Waals surface area contributed by atoms with Crippen LogP contribution in [0.15, 0.2) is 24.3 Å². The highest BCUT2D eigenvalue weighted by Gasteiger charge is 2.30. The van der Waals surface area contributed by atoms with E-state index in [0.29, 0.717) is 35.0 Å². The molecule has 0 saturated carbocycles. The van der Waals surface area contributed by atoms with Crippen molar-refractivity contribution in [3.63, 3.8) is 0 Å². The molecule has 2 fully saturated rings. The highest BCUT2D eigenvalue weighted by Crippen LogP contribution is 2.29. The summed E-state index contributed by atoms with van der Waals surface area (Å²) in [6.45, 7) is 11.7. The van der Waals surface area contributed by atoms with E-state index < -0.39 is 0 Å². The molecular formula is C21H27Cl2N7. The van der Waals surface area contributed by atoms with E-state index in [4.69, 9.17) is 33.6 Å². The van der Waals surface area contributed by atoms with Crippen LogP contribution in [0.1, 0.15) is 18.3 Å². The molecule has 2 aromatic rings. The number of rotatable bonds is 5. The first-order valence-electron chi connectivity index (χ1n) is 10.3. The molecule has 0 spiro atoms. The molecule has 3 heterocycles. The Morgan fingerprint density at radius 2 is 1.60 bits per heavy atom. The zero-order valence-electron chi connectivity index (χ0n) is 17.4. The summed E-state index contributed by atoms with van der Waals surface area (Å²) in [6, 6.07) is 7.48. The normalized spacial score (nSPS) is 18.5. The predicted octanol–water partition coefficient (Wildman–Crippen LogP) is 3.49. The number of likely N-dealkylation sites (N-methyl/N-ethyl adjacent to an activating group) is 1. The van der Waals surface area contributed by atoms with E-state index in [1.54, 1.807) is 12.1 Å². The summed E-state index contributed by atoms with van der Waals surface area (Å²) in [6.07, 6.45) is 0. The SMILES string of the molecule is CCN1CCN(Cc2cc(C)nc(N3CCN(c4ccc(Cl)c(Cl)c4)C3=N)n2)CC1. The maximum absolute atomic E-state index is 8.68. The maximum Gasteiger partial charge on any atom is 0.232 e. The molecular weight excluding hydrogens is 421 g/mol. The molecule has 2 aliphatic heterocycles. The summed E-state index contributed by atoms with van der Waals surface area (Å²) in [4.78, 5) is 18.1. The Balaban J connectivity index is 1.49. The van der Waals surface area contributed by atoms with E-state index in [2.05, 4.69) is 21.7 Å². The van der Waals surface area contributed by atoms with E-state index in [-0.39, 0.29) is 0 Å². The summed E-state index contributed by atoms with van der Waals surface area (Å²) in [7, 11) is 0. The molecule has 2 saturated heterocycles. The second-order valence-corrected chi connectivity index (χ2v) is 8.55. The van der Waals surface area contributed by atoms with Crippen LogP contribution in [0.5, 0.6) is 0 Å². The van der Waals surface area contributed by atoms with Gasteiger partial charge in [0.05, 0.1) is 15.7 Å². The van der Waals surface area contributed by atoms with Crippen LogP contribution in [0.4, 0.5) is 11.6 Å². The third-order valence-corrected chi connectivity index (χ3v) is 6.45. The Kier molecular flexibility index (Phi) is 6.43. The molecule has 4 rings (SSSR count). The molecule has 1 aromatic carbocycles. The number of guanidine groups is 1. The van der Waals surface area contributed by atoms with Gasteiger partial charge in [0, 0.05) is 57.2 Å². The van der Waals surface area contributed by atoms with Gasteiger partial charge in [0.15, 0.2) is 0 Å². The molecule has 160 valence electrons. The zero-order chi connectivity index (χ0) is 21.3. The van der Waals surface area contributed by atoms with Crippen LogP contribution in [0.3, 0.4) is 0 Å². The first kappa shape index (κ1) is 21.3. The van der Waals surface area contributed by atoms with Crippen LogP contribution in [0.25, 0.3) is 0 Å². The molecule has 2 aliphatic rings. The van der Waals surface area contributed by atoms with E-state index >= 15 is 0 Å². The Bertz CT molecular complexity index is 928. The number of aromatic nitrogens is 2. The van der Waals surface area contributed by atoms with Gasteiger partial charge in [0.2, 0.25) is 11.9 Å². The molecule has 0 radical (unpaired) electrons. The molecule has 9 heteroatoms. The Morgan fingerprint density at radius 3 is 2.30 bits per heavy atom. The minimum absolute atomic E-state index is 0.349. The van der Waals surface area contributed by atoms with E-state index in [0.717, 1.165) is 56.3 Å². The Labute approximate surface area is 187 Å². The third kappa shape index (κ3) is 4.54. The Morgan fingerprint density at radius 1 is 0.900 bits per heavy atom. The van der Waals surface area contributed by atoms with Crippen molar-refractivity contribution in [3.05, 3.63) is 45.7 Å². The van der Waals surface area contributed by atoms with Crippen molar-refractivity contribution in [1.29, 1.82) is 5.41 Å². The van der Waals surface area contributed by atoms with Gasteiger partial charge in [-0.15, -0.1) is 0 Å². The van der Waals surface area contributed by atoms with E-state index in [1.165, 1.54) is 0 Å². The van der Waals surface area contributed by atoms with Crippen molar-refractivity contribution in [2.45, 2.75) is 20.4 Å². The molecule has 0 unspecified atom stereocenters. The fourth-order valence-electron chi connectivity index (χ4n) is 3.97. The number of hydrogen-bond donors (Lipinski definition) is 1. The van der Waals surface area contributed by atoms with Gasteiger partial charge in [-0.05, 0) is 37.7 Å². The summed E-state index contributed by atoms with van der Waals surface area (Å²) < 4.78 is 0. The van der Waals surface area contributed by atoms with Crippen LogP contribution in [-0.4, -0.2) is 71.5 Å². The van der Waals surface area contributed by atoms with Crippen LogP contribution >= 0.6 is 23.2 Å². The standard InChI is InChI=1S/C21H27Cl2N7/c1-3-27-6-8-28(9-7-27)14-16-12-15(2)25-21(26-16)30-11-10-29(20(30)24)17-4-5-18(22)19(23)13-17/h4-5,12-13,24H,3,6-11,14H2,1-2H3. The monoisotopic (exact) mass is 447 g/mol. The van der Waals surface area contributed by atoms with Gasteiger partial charge in [-0.3, -0.25) is 15.2 Å². The number of halogens is 2. The van der Waals surface area contributed by atoms with Gasteiger partial charge in [0.25, 0.3) is 0 Å². The minimum atomic E-state index is 0.349. The van der Waals surface area contributed by atoms with Crippen LogP contribution in [0, 0.1) is 12.3 Å². The van der Waals surface area contributed by atoms with Gasteiger partial charge in [0.1, 0.15) is 0 Å². The fourth-order valence-corrected chi connectivity index (χ4v) is 4.26. The van der Waals surface area contributed by atoms with Crippen molar-refractivity contribution >= 4 is 40.8 Å². The molecule has 0 bridgehead atoms. The second-order valence-electron chi connectivity index (χ2n) is 7.74. The molecule has 0 atom stereocenters. The third-order valence-electron chi connectivity index (χ3n) is 5.71. The molecule has 0 amide bonds. The molecule has 7 nitrogen and oxygen atoms in total. The first-order valence-corrected chi connectivity index (χ1v) is 11.1. The molecule has 0 aliphatic carbocycles. The van der Waals surface area contributed by atoms with Crippen molar-refractivity contribution in [2.24, 2.45) is 0 Å². The molecule has 1 aromatic heterocycles. The first-order chi connectivity index (χ1) is 14.4. The lowest BCUT2D eigenvalue weighted by Gasteiger charge is -2.33. The largest absolute Gasteiger partial charge is 0.311 e. The summed E-state index contributed by atoms with van der Waals surface area (Å²) in [5.74, 6) is 0.936. The van der Waals surface area contributed by atoms with Gasteiger partial charge in [-0.1, -0.05) is 30.1 Å². The van der Waals surface area contributed by atoms with E-state index in [9.17, 15) is 0 Å². The lowest BCUT2D eigenvalue weighted by atomic mass is 10.2. The van der Waals surface area contributed by atoms with Crippen molar-refractivity contribution < 1.29 is 0 Å². The Hall–Kier alpha value is -1.93. The lowest BCUT2D eigenvalue weighted by molar-refractivity contribution is 0.131. The van der Waals surface area contributed by atoms with Gasteiger partial charge in [-0.2, -0.15) is 0 Å². The number of hydrogen-bond acceptors (Lipinski definition) is 5. The maximum atomic E-state index is 8.68. The minimum Gasteiger partial charge on any atom is -0.311 e. The highest BCUT2D eigenvalue weighted by atomic mass is 35.5. The highest BCUT2D eigenvalue weighted by molar-refractivity contribution is 6.42. The number of benzene rings is 1. The fraction of sp³-hybridized carbons (Fsp3) is 0.476. The average molecular weight is 448 g/mol. The number of aryl methyl sites for hydroxylation is 1. The second kappa shape index (κ2) is 9.06. The number of nitrogens with zero attached hydrogens (tertiary/aromatic N) is 6.